The SMILES string of the molecule is CC1(C(=O)N2CCC[C@@H](Nc3ccnc(N)c3C(=N)c3ccc(C(=O)Nc4cc(C(F)(F)F)ccn4)cc3)C2)COC1. The molecular formula is C29H30F3N7O3. The van der Waals surface area contributed by atoms with Crippen LogP contribution in [0.15, 0.2) is 54.9 Å². The van der Waals surface area contributed by atoms with Gasteiger partial charge in [0, 0.05) is 48.3 Å². The van der Waals surface area contributed by atoms with Gasteiger partial charge in [-0.15, -0.1) is 0 Å². The van der Waals surface area contributed by atoms with Crippen LogP contribution in [-0.4, -0.2) is 64.7 Å². The van der Waals surface area contributed by atoms with E-state index in [1.54, 1.807) is 24.4 Å². The summed E-state index contributed by atoms with van der Waals surface area (Å²) >= 11 is 0. The molecule has 2 amide bonds. The molecule has 2 aliphatic heterocycles. The van der Waals surface area contributed by atoms with Gasteiger partial charge in [0.2, 0.25) is 5.91 Å². The summed E-state index contributed by atoms with van der Waals surface area (Å²) in [4.78, 5) is 35.5. The second-order valence-corrected chi connectivity index (χ2v) is 10.7. The first-order chi connectivity index (χ1) is 19.9. The molecule has 0 radical (unpaired) electrons. The quantitative estimate of drug-likeness (QED) is 0.306. The Bertz CT molecular complexity index is 1510. The van der Waals surface area contributed by atoms with Gasteiger partial charge < -0.3 is 26.0 Å². The molecule has 0 aliphatic carbocycles. The number of ether oxygens (including phenoxy) is 1. The van der Waals surface area contributed by atoms with Gasteiger partial charge in [-0.05, 0) is 50.1 Å². The van der Waals surface area contributed by atoms with E-state index in [1.165, 1.54) is 12.1 Å². The summed E-state index contributed by atoms with van der Waals surface area (Å²) < 4.78 is 44.2. The van der Waals surface area contributed by atoms with Gasteiger partial charge in [0.05, 0.1) is 35.5 Å². The molecule has 0 bridgehead atoms. The number of nitrogens with zero attached hydrogens (tertiary/aromatic N) is 3. The van der Waals surface area contributed by atoms with Crippen LogP contribution in [0.4, 0.5) is 30.5 Å². The summed E-state index contributed by atoms with van der Waals surface area (Å²) in [6.07, 6.45) is -0.394. The van der Waals surface area contributed by atoms with Gasteiger partial charge in [-0.25, -0.2) is 9.97 Å². The third kappa shape index (κ3) is 6.05. The van der Waals surface area contributed by atoms with Gasteiger partial charge in [-0.1, -0.05) is 12.1 Å². The fourth-order valence-corrected chi connectivity index (χ4v) is 5.07. The molecule has 1 atom stereocenters. The van der Waals surface area contributed by atoms with Crippen molar-refractivity contribution in [3.8, 4) is 0 Å². The van der Waals surface area contributed by atoms with E-state index in [9.17, 15) is 22.8 Å². The van der Waals surface area contributed by atoms with E-state index in [4.69, 9.17) is 15.9 Å². The number of halogens is 3. The number of nitrogens with one attached hydrogen (secondary N) is 3. The molecule has 3 aromatic rings. The van der Waals surface area contributed by atoms with Gasteiger partial charge in [-0.3, -0.25) is 15.0 Å². The first-order valence-corrected chi connectivity index (χ1v) is 13.4. The predicted octanol–water partition coefficient (Wildman–Crippen LogP) is 4.19. The number of pyridine rings is 2. The molecule has 13 heteroatoms. The average molecular weight is 582 g/mol. The van der Waals surface area contributed by atoms with E-state index in [1.807, 2.05) is 11.8 Å². The number of likely N-dealkylation sites (tertiary alicyclic amines) is 1. The molecular weight excluding hydrogens is 551 g/mol. The molecule has 2 aromatic heterocycles. The number of hydrogen-bond donors (Lipinski definition) is 4. The summed E-state index contributed by atoms with van der Waals surface area (Å²) in [5.74, 6) is -0.661. The number of anilines is 3. The molecule has 2 aliphatic rings. The lowest BCUT2D eigenvalue weighted by molar-refractivity contribution is -0.169. The van der Waals surface area contributed by atoms with Gasteiger partial charge >= 0.3 is 6.18 Å². The zero-order valence-corrected chi connectivity index (χ0v) is 22.8. The van der Waals surface area contributed by atoms with E-state index >= 15 is 0 Å². The number of amides is 2. The van der Waals surface area contributed by atoms with Crippen LogP contribution in [0, 0.1) is 10.8 Å². The number of nitrogens with two attached hydrogens (primary N) is 1. The van der Waals surface area contributed by atoms with Crippen molar-refractivity contribution in [1.82, 2.24) is 14.9 Å². The van der Waals surface area contributed by atoms with Crippen LogP contribution in [0.1, 0.15) is 46.8 Å². The van der Waals surface area contributed by atoms with Crippen LogP contribution in [0.25, 0.3) is 0 Å². The molecule has 0 saturated carbocycles. The molecule has 2 saturated heterocycles. The van der Waals surface area contributed by atoms with E-state index in [0.29, 0.717) is 43.1 Å². The van der Waals surface area contributed by atoms with E-state index in [2.05, 4.69) is 20.6 Å². The normalized spacial score (nSPS) is 18.1. The first kappa shape index (κ1) is 29.0. The molecule has 2 fully saturated rings. The Hall–Kier alpha value is -4.52. The van der Waals surface area contributed by atoms with Gasteiger partial charge in [0.25, 0.3) is 5.91 Å². The lowest BCUT2D eigenvalue weighted by Crippen LogP contribution is -2.56. The number of aromatic nitrogens is 2. The monoisotopic (exact) mass is 581 g/mol. The van der Waals surface area contributed by atoms with Crippen molar-refractivity contribution in [2.75, 3.05) is 42.7 Å². The minimum atomic E-state index is -4.57. The van der Waals surface area contributed by atoms with Crippen molar-refractivity contribution in [2.45, 2.75) is 32.0 Å². The number of nitrogen functional groups attached to an aromatic ring is 1. The second-order valence-electron chi connectivity index (χ2n) is 10.7. The number of piperidine rings is 1. The van der Waals surface area contributed by atoms with Gasteiger partial charge in [0.1, 0.15) is 11.6 Å². The van der Waals surface area contributed by atoms with Gasteiger partial charge in [-0.2, -0.15) is 13.2 Å². The van der Waals surface area contributed by atoms with Crippen LogP contribution >= 0.6 is 0 Å². The number of hydrogen-bond acceptors (Lipinski definition) is 8. The highest BCUT2D eigenvalue weighted by atomic mass is 19.4. The van der Waals surface area contributed by atoms with Crippen LogP contribution in [0.2, 0.25) is 0 Å². The lowest BCUT2D eigenvalue weighted by atomic mass is 9.86. The molecule has 4 heterocycles. The molecule has 5 rings (SSSR count). The number of benzene rings is 1. The second kappa shape index (κ2) is 11.4. The number of carbonyl (C=O) groups excluding carboxylic acids is 2. The highest BCUT2D eigenvalue weighted by Gasteiger charge is 2.44. The molecule has 220 valence electrons. The third-order valence-corrected chi connectivity index (χ3v) is 7.42. The smallest absolute Gasteiger partial charge is 0.383 e. The fourth-order valence-electron chi connectivity index (χ4n) is 5.07. The van der Waals surface area contributed by atoms with Crippen LogP contribution in [-0.2, 0) is 15.7 Å². The Morgan fingerprint density at radius 2 is 1.79 bits per heavy atom. The molecule has 10 nitrogen and oxygen atoms in total. The predicted molar refractivity (Wildman–Crippen MR) is 150 cm³/mol. The highest BCUT2D eigenvalue weighted by Crippen LogP contribution is 2.32. The zero-order valence-electron chi connectivity index (χ0n) is 22.8. The Balaban J connectivity index is 1.28. The Kier molecular flexibility index (Phi) is 7.87. The van der Waals surface area contributed by atoms with E-state index < -0.39 is 23.1 Å². The Morgan fingerprint density at radius 1 is 1.10 bits per heavy atom. The summed E-state index contributed by atoms with van der Waals surface area (Å²) in [5, 5.41) is 14.7. The lowest BCUT2D eigenvalue weighted by Gasteiger charge is -2.43. The molecule has 42 heavy (non-hydrogen) atoms. The van der Waals surface area contributed by atoms with E-state index in [0.717, 1.165) is 31.2 Å². The Labute approximate surface area is 240 Å². The van der Waals surface area contributed by atoms with Crippen molar-refractivity contribution >= 4 is 34.8 Å². The molecule has 1 aromatic carbocycles. The van der Waals surface area contributed by atoms with Crippen molar-refractivity contribution in [1.29, 1.82) is 5.41 Å². The summed E-state index contributed by atoms with van der Waals surface area (Å²) in [6.45, 7) is 3.94. The standard InChI is InChI=1S/C29H30F3N7O3/c1-28(15-42-16-28)27(41)39-12-2-3-20(14-39)37-21-9-11-36-25(34)23(21)24(33)17-4-6-18(7-5-17)26(40)38-22-13-19(8-10-35-22)29(30,31)32/h4-11,13,20,33H,2-3,12,14-16H2,1H3,(H3,34,36,37)(H,35,38,40)/t20-/m1/s1. The highest BCUT2D eigenvalue weighted by molar-refractivity contribution is 6.17. The van der Waals surface area contributed by atoms with Crippen LogP contribution in [0.5, 0.6) is 0 Å². The van der Waals surface area contributed by atoms with Gasteiger partial charge in [0.15, 0.2) is 0 Å². The maximum Gasteiger partial charge on any atom is 0.416 e. The largest absolute Gasteiger partial charge is 0.416 e. The number of alkyl halides is 3. The maximum atomic E-state index is 13.0. The maximum absolute atomic E-state index is 13.0. The summed E-state index contributed by atoms with van der Waals surface area (Å²) in [6, 6.07) is 9.26. The molecule has 5 N–H and O–H groups in total. The zero-order chi connectivity index (χ0) is 30.1. The molecule has 0 spiro atoms. The minimum Gasteiger partial charge on any atom is -0.383 e. The average Bonchev–Trinajstić information content (AvgIpc) is 2.95. The van der Waals surface area contributed by atoms with Crippen molar-refractivity contribution in [2.24, 2.45) is 5.41 Å². The number of rotatable bonds is 7. The molecule has 0 unspecified atom stereocenters. The topological polar surface area (TPSA) is 146 Å². The van der Waals surface area contributed by atoms with Crippen LogP contribution < -0.4 is 16.4 Å². The van der Waals surface area contributed by atoms with Crippen molar-refractivity contribution in [3.63, 3.8) is 0 Å². The van der Waals surface area contributed by atoms with Crippen LogP contribution in [0.3, 0.4) is 0 Å². The summed E-state index contributed by atoms with van der Waals surface area (Å²) in [7, 11) is 0. The Morgan fingerprint density at radius 3 is 2.45 bits per heavy atom. The first-order valence-electron chi connectivity index (χ1n) is 13.4. The van der Waals surface area contributed by atoms with Crippen molar-refractivity contribution in [3.05, 3.63) is 77.1 Å². The third-order valence-electron chi connectivity index (χ3n) is 7.42. The minimum absolute atomic E-state index is 0.0591. The number of carbonyl (C=O) groups is 2. The fraction of sp³-hybridized carbons (Fsp3) is 0.345. The van der Waals surface area contributed by atoms with Crippen molar-refractivity contribution < 1.29 is 27.5 Å². The van der Waals surface area contributed by atoms with E-state index in [-0.39, 0.29) is 34.9 Å². The summed E-state index contributed by atoms with van der Waals surface area (Å²) in [5.41, 5.74) is 6.46.